The molecule has 0 fully saturated rings. The molecule has 0 radical (unpaired) electrons. The maximum Gasteiger partial charge on any atom is 0.0218 e. The monoisotopic (exact) mass is 273 g/mol. The molecule has 2 rings (SSSR count). The molecule has 1 N–H and O–H groups in total. The number of fused-ring (bicyclic) bond motifs is 1. The van der Waals surface area contributed by atoms with Gasteiger partial charge in [0.25, 0.3) is 0 Å². The van der Waals surface area contributed by atoms with Crippen LogP contribution in [0.3, 0.4) is 0 Å². The van der Waals surface area contributed by atoms with Crippen molar-refractivity contribution in [2.75, 3.05) is 6.54 Å². The minimum absolute atomic E-state index is 1.05. The van der Waals surface area contributed by atoms with Crippen LogP contribution in [0, 0.1) is 10.5 Å². The molecule has 0 amide bonds. The molecule has 1 aliphatic heterocycles. The Kier molecular flexibility index (Phi) is 2.37. The Morgan fingerprint density at radius 3 is 2.92 bits per heavy atom. The van der Waals surface area contributed by atoms with Crippen LogP contribution in [0.4, 0.5) is 0 Å². The summed E-state index contributed by atoms with van der Waals surface area (Å²) in [6.45, 7) is 4.39. The molecule has 1 heterocycles. The highest BCUT2D eigenvalue weighted by Gasteiger charge is 2.12. The summed E-state index contributed by atoms with van der Waals surface area (Å²) in [5.41, 5.74) is 4.54. The van der Waals surface area contributed by atoms with Crippen LogP contribution in [0.15, 0.2) is 12.1 Å². The fraction of sp³-hybridized carbons (Fsp3) is 0.400. The topological polar surface area (TPSA) is 12.0 Å². The molecule has 0 atom stereocenters. The summed E-state index contributed by atoms with van der Waals surface area (Å²) >= 11 is 2.42. The number of halogens is 1. The van der Waals surface area contributed by atoms with Gasteiger partial charge in [-0.25, -0.2) is 0 Å². The van der Waals surface area contributed by atoms with Gasteiger partial charge in [-0.3, -0.25) is 0 Å². The average molecular weight is 273 g/mol. The van der Waals surface area contributed by atoms with E-state index in [0.717, 1.165) is 13.1 Å². The fourth-order valence-electron chi connectivity index (χ4n) is 1.75. The van der Waals surface area contributed by atoms with E-state index < -0.39 is 0 Å². The van der Waals surface area contributed by atoms with E-state index in [1.807, 2.05) is 0 Å². The highest BCUT2D eigenvalue weighted by Crippen LogP contribution is 2.23. The zero-order valence-electron chi connectivity index (χ0n) is 7.15. The molecule has 0 aliphatic carbocycles. The van der Waals surface area contributed by atoms with Gasteiger partial charge in [0.05, 0.1) is 0 Å². The van der Waals surface area contributed by atoms with Gasteiger partial charge < -0.3 is 5.32 Å². The van der Waals surface area contributed by atoms with E-state index in [9.17, 15) is 0 Å². The number of hydrogen-bond acceptors (Lipinski definition) is 1. The van der Waals surface area contributed by atoms with Crippen molar-refractivity contribution in [1.82, 2.24) is 5.32 Å². The average Bonchev–Trinajstić information content (AvgIpc) is 2.12. The third kappa shape index (κ3) is 1.38. The minimum atomic E-state index is 1.05. The van der Waals surface area contributed by atoms with E-state index in [-0.39, 0.29) is 0 Å². The lowest BCUT2D eigenvalue weighted by atomic mass is 9.96. The van der Waals surface area contributed by atoms with Crippen LogP contribution >= 0.6 is 22.6 Å². The Morgan fingerprint density at radius 1 is 1.33 bits per heavy atom. The standard InChI is InChI=1S/C10H12IN/c1-7-2-3-10(11)9-6-12-5-4-8(7)9/h2-3,12H,4-6H2,1H3. The molecular weight excluding hydrogens is 261 g/mol. The normalized spacial score (nSPS) is 15.8. The van der Waals surface area contributed by atoms with Crippen molar-refractivity contribution in [3.8, 4) is 0 Å². The van der Waals surface area contributed by atoms with Crippen LogP contribution in [0.2, 0.25) is 0 Å². The van der Waals surface area contributed by atoms with Crippen molar-refractivity contribution < 1.29 is 0 Å². The third-order valence-electron chi connectivity index (χ3n) is 2.46. The van der Waals surface area contributed by atoms with Crippen molar-refractivity contribution in [3.05, 3.63) is 32.4 Å². The molecule has 1 aliphatic rings. The van der Waals surface area contributed by atoms with Crippen molar-refractivity contribution in [1.29, 1.82) is 0 Å². The summed E-state index contributed by atoms with van der Waals surface area (Å²) in [6.07, 6.45) is 1.19. The van der Waals surface area contributed by atoms with Crippen LogP contribution in [-0.2, 0) is 13.0 Å². The second-order valence-electron chi connectivity index (χ2n) is 3.25. The molecule has 12 heavy (non-hydrogen) atoms. The first-order valence-corrected chi connectivity index (χ1v) is 5.34. The van der Waals surface area contributed by atoms with Crippen molar-refractivity contribution in [2.45, 2.75) is 19.9 Å². The quantitative estimate of drug-likeness (QED) is 0.715. The number of rotatable bonds is 0. The number of aryl methyl sites for hydroxylation is 1. The van der Waals surface area contributed by atoms with Gasteiger partial charge in [-0.1, -0.05) is 6.07 Å². The SMILES string of the molecule is Cc1ccc(I)c2c1CCNC2. The maximum absolute atomic E-state index is 3.40. The molecule has 64 valence electrons. The molecule has 0 saturated heterocycles. The molecule has 0 saturated carbocycles. The lowest BCUT2D eigenvalue weighted by molar-refractivity contribution is 0.638. The van der Waals surface area contributed by atoms with Gasteiger partial charge in [0.1, 0.15) is 0 Å². The predicted molar refractivity (Wildman–Crippen MR) is 59.3 cm³/mol. The molecule has 0 unspecified atom stereocenters. The first-order valence-electron chi connectivity index (χ1n) is 4.26. The molecule has 0 bridgehead atoms. The highest BCUT2D eigenvalue weighted by atomic mass is 127. The van der Waals surface area contributed by atoms with Gasteiger partial charge >= 0.3 is 0 Å². The zero-order chi connectivity index (χ0) is 8.55. The smallest absolute Gasteiger partial charge is 0.0218 e. The van der Waals surface area contributed by atoms with Gasteiger partial charge in [0.2, 0.25) is 0 Å². The van der Waals surface area contributed by atoms with Gasteiger partial charge in [0, 0.05) is 10.1 Å². The Hall–Kier alpha value is -0.0900. The summed E-state index contributed by atoms with van der Waals surface area (Å²) < 4.78 is 1.40. The predicted octanol–water partition coefficient (Wildman–Crippen LogP) is 2.25. The second kappa shape index (κ2) is 3.34. The summed E-state index contributed by atoms with van der Waals surface area (Å²) in [5, 5.41) is 3.40. The Bertz CT molecular complexity index is 276. The van der Waals surface area contributed by atoms with E-state index in [2.05, 4.69) is 47.0 Å². The minimum Gasteiger partial charge on any atom is -0.312 e. The van der Waals surface area contributed by atoms with Gasteiger partial charge in [-0.15, -0.1) is 0 Å². The van der Waals surface area contributed by atoms with Crippen molar-refractivity contribution in [2.24, 2.45) is 0 Å². The van der Waals surface area contributed by atoms with Gasteiger partial charge in [0.15, 0.2) is 0 Å². The lowest BCUT2D eigenvalue weighted by Gasteiger charge is -2.20. The maximum atomic E-state index is 3.40. The molecule has 2 heteroatoms. The van der Waals surface area contributed by atoms with Crippen LogP contribution < -0.4 is 5.32 Å². The lowest BCUT2D eigenvalue weighted by Crippen LogP contribution is -2.25. The van der Waals surface area contributed by atoms with Gasteiger partial charge in [-0.05, 0) is 65.2 Å². The Morgan fingerprint density at radius 2 is 2.17 bits per heavy atom. The number of hydrogen-bond donors (Lipinski definition) is 1. The van der Waals surface area contributed by atoms with Crippen molar-refractivity contribution in [3.63, 3.8) is 0 Å². The van der Waals surface area contributed by atoms with Crippen LogP contribution in [0.5, 0.6) is 0 Å². The van der Waals surface area contributed by atoms with Gasteiger partial charge in [-0.2, -0.15) is 0 Å². The summed E-state index contributed by atoms with van der Waals surface area (Å²) in [6, 6.07) is 4.44. The highest BCUT2D eigenvalue weighted by molar-refractivity contribution is 14.1. The van der Waals surface area contributed by atoms with Crippen molar-refractivity contribution >= 4 is 22.6 Å². The second-order valence-corrected chi connectivity index (χ2v) is 4.41. The molecule has 0 aromatic heterocycles. The molecule has 1 aromatic rings. The number of benzene rings is 1. The molecular formula is C10H12IN. The van der Waals surface area contributed by atoms with Crippen LogP contribution in [-0.4, -0.2) is 6.54 Å². The summed E-state index contributed by atoms with van der Waals surface area (Å²) in [4.78, 5) is 0. The first-order chi connectivity index (χ1) is 5.79. The summed E-state index contributed by atoms with van der Waals surface area (Å²) in [7, 11) is 0. The zero-order valence-corrected chi connectivity index (χ0v) is 9.31. The number of nitrogens with one attached hydrogen (secondary N) is 1. The first kappa shape index (κ1) is 8.51. The third-order valence-corrected chi connectivity index (χ3v) is 3.47. The van der Waals surface area contributed by atoms with E-state index in [4.69, 9.17) is 0 Å². The van der Waals surface area contributed by atoms with E-state index in [1.54, 1.807) is 5.56 Å². The molecule has 1 aromatic carbocycles. The molecule has 0 spiro atoms. The van der Waals surface area contributed by atoms with E-state index >= 15 is 0 Å². The van der Waals surface area contributed by atoms with E-state index in [1.165, 1.54) is 21.1 Å². The largest absolute Gasteiger partial charge is 0.312 e. The van der Waals surface area contributed by atoms with E-state index in [0.29, 0.717) is 0 Å². The fourth-order valence-corrected chi connectivity index (χ4v) is 2.44. The summed E-state index contributed by atoms with van der Waals surface area (Å²) in [5.74, 6) is 0. The Balaban J connectivity index is 2.57. The molecule has 1 nitrogen and oxygen atoms in total. The van der Waals surface area contributed by atoms with Crippen LogP contribution in [0.25, 0.3) is 0 Å². The van der Waals surface area contributed by atoms with Crippen LogP contribution in [0.1, 0.15) is 16.7 Å². The Labute approximate surface area is 86.7 Å².